The van der Waals surface area contributed by atoms with Crippen molar-refractivity contribution >= 4 is 16.6 Å². The molecule has 92 valence electrons. The Morgan fingerprint density at radius 1 is 1.56 bits per heavy atom. The Labute approximate surface area is 102 Å². The molecule has 2 rings (SSSR count). The zero-order valence-corrected chi connectivity index (χ0v) is 9.79. The van der Waals surface area contributed by atoms with Gasteiger partial charge >= 0.3 is 0 Å². The normalized spacial score (nSPS) is 10.5. The molecule has 0 N–H and O–H groups in total. The Balaban J connectivity index is 2.67. The van der Waals surface area contributed by atoms with E-state index in [0.29, 0.717) is 12.1 Å². The molecule has 0 spiro atoms. The van der Waals surface area contributed by atoms with Gasteiger partial charge in [0.25, 0.3) is 11.2 Å². The number of non-ortho nitro benzene ring substituents is 1. The number of hydrogen-bond donors (Lipinski definition) is 0. The molecule has 0 saturated carbocycles. The highest BCUT2D eigenvalue weighted by Gasteiger charge is 2.10. The summed E-state index contributed by atoms with van der Waals surface area (Å²) in [6.07, 6.45) is 1.42. The van der Waals surface area contributed by atoms with Gasteiger partial charge in [0.2, 0.25) is 0 Å². The molecule has 6 heteroatoms. The van der Waals surface area contributed by atoms with Crippen molar-refractivity contribution in [1.29, 1.82) is 0 Å². The number of hydrogen-bond acceptors (Lipinski definition) is 4. The van der Waals surface area contributed by atoms with Gasteiger partial charge in [-0.15, -0.1) is 0 Å². The van der Waals surface area contributed by atoms with Crippen LogP contribution in [0.4, 0.5) is 5.69 Å². The third kappa shape index (κ3) is 2.13. The molecule has 6 nitrogen and oxygen atoms in total. The van der Waals surface area contributed by atoms with Gasteiger partial charge in [0.1, 0.15) is 0 Å². The van der Waals surface area contributed by atoms with Crippen molar-refractivity contribution in [3.63, 3.8) is 0 Å². The first kappa shape index (κ1) is 12.0. The summed E-state index contributed by atoms with van der Waals surface area (Å²) in [7, 11) is 0. The van der Waals surface area contributed by atoms with Crippen molar-refractivity contribution in [2.45, 2.75) is 13.5 Å². The second-order valence-corrected chi connectivity index (χ2v) is 4.09. The molecule has 0 radical (unpaired) electrons. The van der Waals surface area contributed by atoms with Gasteiger partial charge in [-0.1, -0.05) is 12.2 Å². The molecule has 2 aromatic rings. The second kappa shape index (κ2) is 4.40. The fourth-order valence-corrected chi connectivity index (χ4v) is 1.66. The lowest BCUT2D eigenvalue weighted by Gasteiger charge is -2.05. The van der Waals surface area contributed by atoms with Crippen LogP contribution in [0.25, 0.3) is 10.9 Å². The summed E-state index contributed by atoms with van der Waals surface area (Å²) in [5.41, 5.74) is 0.841. The molecule has 0 aliphatic heterocycles. The van der Waals surface area contributed by atoms with Crippen LogP contribution < -0.4 is 5.56 Å². The van der Waals surface area contributed by atoms with Crippen LogP contribution in [0.15, 0.2) is 41.5 Å². The molecule has 0 unspecified atom stereocenters. The maximum Gasteiger partial charge on any atom is 0.270 e. The molecule has 18 heavy (non-hydrogen) atoms. The molecule has 0 aliphatic rings. The third-order valence-corrected chi connectivity index (χ3v) is 2.46. The van der Waals surface area contributed by atoms with Gasteiger partial charge in [-0.2, -0.15) is 0 Å². The van der Waals surface area contributed by atoms with Crippen LogP contribution in [0.1, 0.15) is 6.92 Å². The van der Waals surface area contributed by atoms with Crippen LogP contribution in [0.2, 0.25) is 0 Å². The molecule has 1 heterocycles. The van der Waals surface area contributed by atoms with Gasteiger partial charge in [0.05, 0.1) is 22.2 Å². The number of allylic oxidation sites excluding steroid dienone is 1. The molecular formula is C12H11N3O3. The van der Waals surface area contributed by atoms with E-state index in [9.17, 15) is 14.9 Å². The maximum absolute atomic E-state index is 12.1. The Morgan fingerprint density at radius 3 is 2.89 bits per heavy atom. The standard InChI is InChI=1S/C12H11N3O3/c1-8(2)6-14-7-13-11-4-3-9(15(17)18)5-10(11)12(14)16/h3-5,7H,1,6H2,2H3. The summed E-state index contributed by atoms with van der Waals surface area (Å²) in [6, 6.07) is 4.05. The zero-order chi connectivity index (χ0) is 13.3. The molecule has 0 saturated heterocycles. The fourth-order valence-electron chi connectivity index (χ4n) is 1.66. The van der Waals surface area contributed by atoms with E-state index in [1.807, 2.05) is 0 Å². The van der Waals surface area contributed by atoms with E-state index in [-0.39, 0.29) is 16.6 Å². The predicted molar refractivity (Wildman–Crippen MR) is 67.5 cm³/mol. The first-order valence-electron chi connectivity index (χ1n) is 5.27. The number of nitro groups is 1. The van der Waals surface area contributed by atoms with Crippen LogP contribution in [0, 0.1) is 10.1 Å². The summed E-state index contributed by atoms with van der Waals surface area (Å²) in [6.45, 7) is 5.87. The Morgan fingerprint density at radius 2 is 2.28 bits per heavy atom. The van der Waals surface area contributed by atoms with Gasteiger partial charge in [-0.25, -0.2) is 4.98 Å². The minimum absolute atomic E-state index is 0.116. The number of nitrogens with zero attached hydrogens (tertiary/aromatic N) is 3. The summed E-state index contributed by atoms with van der Waals surface area (Å²) in [4.78, 5) is 26.3. The van der Waals surface area contributed by atoms with Gasteiger partial charge in [-0.3, -0.25) is 19.5 Å². The van der Waals surface area contributed by atoms with E-state index in [0.717, 1.165) is 5.57 Å². The van der Waals surface area contributed by atoms with Crippen molar-refractivity contribution < 1.29 is 4.92 Å². The Hall–Kier alpha value is -2.50. The van der Waals surface area contributed by atoms with Crippen molar-refractivity contribution in [3.8, 4) is 0 Å². The molecule has 0 atom stereocenters. The minimum Gasteiger partial charge on any atom is -0.295 e. The van der Waals surface area contributed by atoms with Crippen LogP contribution in [0.3, 0.4) is 0 Å². The highest BCUT2D eigenvalue weighted by atomic mass is 16.6. The van der Waals surface area contributed by atoms with Crippen molar-refractivity contribution in [2.75, 3.05) is 0 Å². The largest absolute Gasteiger partial charge is 0.295 e. The summed E-state index contributed by atoms with van der Waals surface area (Å²) in [5, 5.41) is 10.9. The first-order valence-corrected chi connectivity index (χ1v) is 5.27. The highest BCUT2D eigenvalue weighted by molar-refractivity contribution is 5.79. The highest BCUT2D eigenvalue weighted by Crippen LogP contribution is 2.16. The zero-order valence-electron chi connectivity index (χ0n) is 9.79. The Kier molecular flexibility index (Phi) is 2.93. The van der Waals surface area contributed by atoms with E-state index >= 15 is 0 Å². The predicted octanol–water partition coefficient (Wildman–Crippen LogP) is 1.88. The monoisotopic (exact) mass is 245 g/mol. The van der Waals surface area contributed by atoms with Crippen molar-refractivity contribution in [2.24, 2.45) is 0 Å². The molecular weight excluding hydrogens is 234 g/mol. The molecule has 1 aromatic carbocycles. The number of benzene rings is 1. The lowest BCUT2D eigenvalue weighted by Crippen LogP contribution is -2.21. The smallest absolute Gasteiger partial charge is 0.270 e. The summed E-state index contributed by atoms with van der Waals surface area (Å²) >= 11 is 0. The average molecular weight is 245 g/mol. The van der Waals surface area contributed by atoms with E-state index in [1.165, 1.54) is 29.1 Å². The third-order valence-electron chi connectivity index (χ3n) is 2.46. The minimum atomic E-state index is -0.533. The molecule has 0 fully saturated rings. The fraction of sp³-hybridized carbons (Fsp3) is 0.167. The van der Waals surface area contributed by atoms with Crippen molar-refractivity contribution in [3.05, 3.63) is 57.1 Å². The summed E-state index contributed by atoms with van der Waals surface area (Å²) < 4.78 is 1.38. The van der Waals surface area contributed by atoms with Crippen molar-refractivity contribution in [1.82, 2.24) is 9.55 Å². The number of aromatic nitrogens is 2. The van der Waals surface area contributed by atoms with Gasteiger partial charge < -0.3 is 0 Å². The van der Waals surface area contributed by atoms with E-state index < -0.39 is 4.92 Å². The van der Waals surface area contributed by atoms with Gasteiger partial charge in [0.15, 0.2) is 0 Å². The second-order valence-electron chi connectivity index (χ2n) is 4.09. The van der Waals surface area contributed by atoms with Crippen LogP contribution in [-0.2, 0) is 6.54 Å². The van der Waals surface area contributed by atoms with Gasteiger partial charge in [0, 0.05) is 18.7 Å². The number of rotatable bonds is 3. The Bertz CT molecular complexity index is 703. The molecule has 0 bridgehead atoms. The molecule has 1 aromatic heterocycles. The van der Waals surface area contributed by atoms with E-state index in [1.54, 1.807) is 6.92 Å². The van der Waals surface area contributed by atoms with E-state index in [4.69, 9.17) is 0 Å². The molecule has 0 aliphatic carbocycles. The van der Waals surface area contributed by atoms with E-state index in [2.05, 4.69) is 11.6 Å². The van der Waals surface area contributed by atoms with Gasteiger partial charge in [-0.05, 0) is 13.0 Å². The van der Waals surface area contributed by atoms with Crippen LogP contribution in [0.5, 0.6) is 0 Å². The average Bonchev–Trinajstić information content (AvgIpc) is 2.32. The van der Waals surface area contributed by atoms with Crippen LogP contribution in [-0.4, -0.2) is 14.5 Å². The SMILES string of the molecule is C=C(C)Cn1cnc2ccc([N+](=O)[O-])cc2c1=O. The number of fused-ring (bicyclic) bond motifs is 1. The topological polar surface area (TPSA) is 78.0 Å². The summed E-state index contributed by atoms with van der Waals surface area (Å²) in [5.74, 6) is 0. The number of nitro benzene ring substituents is 1. The quantitative estimate of drug-likeness (QED) is 0.470. The first-order chi connectivity index (χ1) is 8.49. The lowest BCUT2D eigenvalue weighted by atomic mass is 10.2. The lowest BCUT2D eigenvalue weighted by molar-refractivity contribution is -0.384. The van der Waals surface area contributed by atoms with Crippen LogP contribution >= 0.6 is 0 Å². The maximum atomic E-state index is 12.1. The molecule has 0 amide bonds.